The van der Waals surface area contributed by atoms with Gasteiger partial charge in [-0.2, -0.15) is 9.61 Å². The Kier molecular flexibility index (Phi) is 3.51. The van der Waals surface area contributed by atoms with Gasteiger partial charge in [-0.15, -0.1) is 10.2 Å². The highest BCUT2D eigenvalue weighted by Gasteiger charge is 2.13. The van der Waals surface area contributed by atoms with Crippen LogP contribution in [0.25, 0.3) is 15.5 Å². The number of hydrogen-bond acceptors (Lipinski definition) is 5. The van der Waals surface area contributed by atoms with E-state index in [0.29, 0.717) is 6.42 Å². The molecule has 2 aromatic heterocycles. The number of nitrogens with zero attached hydrogens (tertiary/aromatic N) is 4. The molecule has 2 aromatic carbocycles. The topological polar surface area (TPSA) is 52.3 Å². The molecule has 0 bridgehead atoms. The zero-order valence-corrected chi connectivity index (χ0v) is 13.3. The van der Waals surface area contributed by atoms with Crippen molar-refractivity contribution in [2.24, 2.45) is 0 Å². The molecule has 0 fully saturated rings. The molecule has 0 atom stereocenters. The Labute approximate surface area is 137 Å². The van der Waals surface area contributed by atoms with E-state index in [0.717, 1.165) is 32.7 Å². The lowest BCUT2D eigenvalue weighted by molar-refractivity contribution is 0.414. The molecule has 0 amide bonds. The van der Waals surface area contributed by atoms with E-state index in [-0.39, 0.29) is 0 Å². The van der Waals surface area contributed by atoms with Crippen molar-refractivity contribution in [2.75, 3.05) is 7.11 Å². The lowest BCUT2D eigenvalue weighted by Crippen LogP contribution is -1.97. The van der Waals surface area contributed by atoms with Crippen LogP contribution in [0.4, 0.5) is 0 Å². The maximum absolute atomic E-state index is 5.18. The normalized spacial score (nSPS) is 11.0. The molecule has 0 N–H and O–H groups in total. The predicted octanol–water partition coefficient (Wildman–Crippen LogP) is 3.45. The predicted molar refractivity (Wildman–Crippen MR) is 89.9 cm³/mol. The SMILES string of the molecule is COc1ccc(Cc2nnc3sc(-c4ccccc4)nn23)cc1. The van der Waals surface area contributed by atoms with Crippen molar-refractivity contribution in [3.63, 3.8) is 0 Å². The lowest BCUT2D eigenvalue weighted by atomic mass is 10.1. The van der Waals surface area contributed by atoms with Crippen LogP contribution >= 0.6 is 11.3 Å². The van der Waals surface area contributed by atoms with E-state index >= 15 is 0 Å². The maximum Gasteiger partial charge on any atom is 0.234 e. The van der Waals surface area contributed by atoms with Gasteiger partial charge in [-0.1, -0.05) is 53.8 Å². The number of ether oxygens (including phenoxy) is 1. The minimum atomic E-state index is 0.684. The molecule has 0 aliphatic carbocycles. The van der Waals surface area contributed by atoms with Gasteiger partial charge in [0.15, 0.2) is 5.82 Å². The average molecular weight is 322 g/mol. The quantitative estimate of drug-likeness (QED) is 0.577. The third-order valence-corrected chi connectivity index (χ3v) is 4.55. The monoisotopic (exact) mass is 322 g/mol. The third kappa shape index (κ3) is 2.68. The van der Waals surface area contributed by atoms with Gasteiger partial charge in [0.25, 0.3) is 0 Å². The molecule has 5 nitrogen and oxygen atoms in total. The smallest absolute Gasteiger partial charge is 0.234 e. The Hall–Kier alpha value is -2.73. The molecule has 4 aromatic rings. The molecule has 0 aliphatic rings. The zero-order chi connectivity index (χ0) is 15.6. The van der Waals surface area contributed by atoms with Crippen molar-refractivity contribution in [1.29, 1.82) is 0 Å². The summed E-state index contributed by atoms with van der Waals surface area (Å²) in [4.78, 5) is 0.812. The summed E-state index contributed by atoms with van der Waals surface area (Å²) in [5.41, 5.74) is 2.24. The second-order valence-electron chi connectivity index (χ2n) is 5.11. The summed E-state index contributed by atoms with van der Waals surface area (Å²) in [5, 5.41) is 14.1. The van der Waals surface area contributed by atoms with Gasteiger partial charge >= 0.3 is 0 Å². The molecule has 6 heteroatoms. The van der Waals surface area contributed by atoms with Crippen molar-refractivity contribution in [3.8, 4) is 16.3 Å². The molecule has 0 aliphatic heterocycles. The Morgan fingerprint density at radius 3 is 2.52 bits per heavy atom. The summed E-state index contributed by atoms with van der Waals surface area (Å²) in [5.74, 6) is 1.68. The van der Waals surface area contributed by atoms with E-state index in [1.165, 1.54) is 0 Å². The molecule has 0 saturated heterocycles. The molecule has 0 saturated carbocycles. The largest absolute Gasteiger partial charge is 0.497 e. The molecule has 0 spiro atoms. The molecular formula is C17H14N4OS. The van der Waals surface area contributed by atoms with Crippen LogP contribution in [0.3, 0.4) is 0 Å². The summed E-state index contributed by atoms with van der Waals surface area (Å²) in [6, 6.07) is 18.1. The molecule has 0 radical (unpaired) electrons. The number of hydrogen-bond donors (Lipinski definition) is 0. The molecule has 2 heterocycles. The number of aromatic nitrogens is 4. The number of methoxy groups -OCH3 is 1. The van der Waals surface area contributed by atoms with E-state index in [1.54, 1.807) is 18.4 Å². The fraction of sp³-hybridized carbons (Fsp3) is 0.118. The molecular weight excluding hydrogens is 308 g/mol. The first-order valence-corrected chi connectivity index (χ1v) is 8.04. The van der Waals surface area contributed by atoms with Gasteiger partial charge < -0.3 is 4.74 Å². The van der Waals surface area contributed by atoms with Gasteiger partial charge in [0.2, 0.25) is 4.96 Å². The van der Waals surface area contributed by atoms with Crippen molar-refractivity contribution in [1.82, 2.24) is 19.8 Å². The van der Waals surface area contributed by atoms with Gasteiger partial charge in [-0.3, -0.25) is 0 Å². The summed E-state index contributed by atoms with van der Waals surface area (Å²) < 4.78 is 7.01. The van der Waals surface area contributed by atoms with Crippen LogP contribution < -0.4 is 4.74 Å². The summed E-state index contributed by atoms with van der Waals surface area (Å²) in [7, 11) is 1.66. The van der Waals surface area contributed by atoms with E-state index < -0.39 is 0 Å². The van der Waals surface area contributed by atoms with E-state index in [4.69, 9.17) is 4.74 Å². The van der Waals surface area contributed by atoms with Crippen LogP contribution in [0.2, 0.25) is 0 Å². The van der Waals surface area contributed by atoms with E-state index in [9.17, 15) is 0 Å². The lowest BCUT2D eigenvalue weighted by Gasteiger charge is -2.01. The highest BCUT2D eigenvalue weighted by molar-refractivity contribution is 7.19. The summed E-state index contributed by atoms with van der Waals surface area (Å²) in [6.45, 7) is 0. The number of benzene rings is 2. The highest BCUT2D eigenvalue weighted by Crippen LogP contribution is 2.25. The van der Waals surface area contributed by atoms with Crippen molar-refractivity contribution in [3.05, 3.63) is 66.0 Å². The molecule has 114 valence electrons. The highest BCUT2D eigenvalue weighted by atomic mass is 32.1. The van der Waals surface area contributed by atoms with Crippen LogP contribution in [0.1, 0.15) is 11.4 Å². The standard InChI is InChI=1S/C17H14N4OS/c1-22-14-9-7-12(8-10-14)11-15-18-19-17-21(15)20-16(23-17)13-5-3-2-4-6-13/h2-10H,11H2,1H3. The van der Waals surface area contributed by atoms with E-state index in [2.05, 4.69) is 27.4 Å². The molecule has 0 unspecified atom stereocenters. The van der Waals surface area contributed by atoms with Crippen molar-refractivity contribution >= 4 is 16.3 Å². The Bertz CT molecular complexity index is 928. The van der Waals surface area contributed by atoms with Crippen LogP contribution in [0.5, 0.6) is 5.75 Å². The maximum atomic E-state index is 5.18. The average Bonchev–Trinajstić information content (AvgIpc) is 3.18. The molecule has 23 heavy (non-hydrogen) atoms. The second kappa shape index (κ2) is 5.81. The number of rotatable bonds is 4. The van der Waals surface area contributed by atoms with E-state index in [1.807, 2.05) is 47.0 Å². The van der Waals surface area contributed by atoms with Gasteiger partial charge in [0.05, 0.1) is 7.11 Å². The summed E-state index contributed by atoms with van der Waals surface area (Å²) >= 11 is 1.55. The minimum absolute atomic E-state index is 0.684. The fourth-order valence-corrected chi connectivity index (χ4v) is 3.25. The number of fused-ring (bicyclic) bond motifs is 1. The third-order valence-electron chi connectivity index (χ3n) is 3.60. The zero-order valence-electron chi connectivity index (χ0n) is 12.5. The Balaban J connectivity index is 1.66. The van der Waals surface area contributed by atoms with Crippen LogP contribution in [0, 0.1) is 0 Å². The van der Waals surface area contributed by atoms with Crippen LogP contribution in [-0.4, -0.2) is 26.9 Å². The Morgan fingerprint density at radius 1 is 1.00 bits per heavy atom. The first-order valence-electron chi connectivity index (χ1n) is 7.23. The van der Waals surface area contributed by atoms with Gasteiger partial charge in [-0.05, 0) is 17.7 Å². The minimum Gasteiger partial charge on any atom is -0.497 e. The second-order valence-corrected chi connectivity index (χ2v) is 6.06. The van der Waals surface area contributed by atoms with Gasteiger partial charge in [-0.25, -0.2) is 0 Å². The first kappa shape index (κ1) is 13.9. The first-order chi connectivity index (χ1) is 11.3. The summed E-state index contributed by atoms with van der Waals surface area (Å²) in [6.07, 6.45) is 0.684. The fourth-order valence-electron chi connectivity index (χ4n) is 2.39. The van der Waals surface area contributed by atoms with Gasteiger partial charge in [0.1, 0.15) is 10.8 Å². The van der Waals surface area contributed by atoms with Crippen molar-refractivity contribution < 1.29 is 4.74 Å². The van der Waals surface area contributed by atoms with Crippen LogP contribution in [0.15, 0.2) is 54.6 Å². The van der Waals surface area contributed by atoms with Gasteiger partial charge in [0, 0.05) is 12.0 Å². The Morgan fingerprint density at radius 2 is 1.78 bits per heavy atom. The van der Waals surface area contributed by atoms with Crippen molar-refractivity contribution in [2.45, 2.75) is 6.42 Å². The molecule has 4 rings (SSSR count). The van der Waals surface area contributed by atoms with Crippen LogP contribution in [-0.2, 0) is 6.42 Å².